The molecular formula is C22H28N2O2S. The molecule has 0 N–H and O–H groups in total. The van der Waals surface area contributed by atoms with Crippen LogP contribution < -0.4 is 9.64 Å². The fraction of sp³-hybridized carbons (Fsp3) is 0.409. The molecule has 4 nitrogen and oxygen atoms in total. The number of ether oxygens (including phenoxy) is 1. The summed E-state index contributed by atoms with van der Waals surface area (Å²) in [5.74, 6) is 0.596. The first-order valence-corrected chi connectivity index (χ1v) is 10.7. The lowest BCUT2D eigenvalue weighted by Gasteiger charge is -2.29. The van der Waals surface area contributed by atoms with Gasteiger partial charge in [0.05, 0.1) is 12.7 Å². The second kappa shape index (κ2) is 9.18. The summed E-state index contributed by atoms with van der Waals surface area (Å²) in [7, 11) is 3.44. The van der Waals surface area contributed by atoms with Crippen molar-refractivity contribution in [2.75, 3.05) is 38.4 Å². The lowest BCUT2D eigenvalue weighted by atomic mass is 10.1. The van der Waals surface area contributed by atoms with Gasteiger partial charge in [0.2, 0.25) is 0 Å². The maximum absolute atomic E-state index is 12.9. The standard InChI is InChI=1S/C22H28N2O2S/c1-23(22(25)20-12-11-19(27-3)15-21(20)26-2)16-17-7-9-18(10-8-17)24-13-5-4-6-14-24/h7-12,15H,4-6,13-14,16H2,1-3H3. The third-order valence-corrected chi connectivity index (χ3v) is 5.79. The minimum Gasteiger partial charge on any atom is -0.496 e. The summed E-state index contributed by atoms with van der Waals surface area (Å²) in [6, 6.07) is 14.3. The minimum atomic E-state index is -0.0281. The van der Waals surface area contributed by atoms with Crippen molar-refractivity contribution in [2.45, 2.75) is 30.7 Å². The Morgan fingerprint density at radius 1 is 1.11 bits per heavy atom. The van der Waals surface area contributed by atoms with Gasteiger partial charge in [0.15, 0.2) is 0 Å². The van der Waals surface area contributed by atoms with E-state index >= 15 is 0 Å². The van der Waals surface area contributed by atoms with Gasteiger partial charge in [0.1, 0.15) is 5.75 Å². The van der Waals surface area contributed by atoms with Crippen molar-refractivity contribution in [1.82, 2.24) is 4.90 Å². The quantitative estimate of drug-likeness (QED) is 0.677. The number of carbonyl (C=O) groups is 1. The molecule has 0 atom stereocenters. The number of carbonyl (C=O) groups excluding carboxylic acids is 1. The van der Waals surface area contributed by atoms with E-state index in [1.54, 1.807) is 23.8 Å². The Bertz CT molecular complexity index is 770. The molecule has 0 bridgehead atoms. The van der Waals surface area contributed by atoms with Gasteiger partial charge in [-0.2, -0.15) is 0 Å². The topological polar surface area (TPSA) is 32.8 Å². The van der Waals surface area contributed by atoms with Crippen LogP contribution in [-0.2, 0) is 6.54 Å². The maximum Gasteiger partial charge on any atom is 0.257 e. The molecule has 2 aromatic rings. The Morgan fingerprint density at radius 2 is 1.81 bits per heavy atom. The number of rotatable bonds is 6. The maximum atomic E-state index is 12.9. The fourth-order valence-corrected chi connectivity index (χ4v) is 3.92. The fourth-order valence-electron chi connectivity index (χ4n) is 3.49. The molecule has 1 aliphatic rings. The average Bonchev–Trinajstić information content (AvgIpc) is 2.73. The Hall–Kier alpha value is -2.14. The second-order valence-corrected chi connectivity index (χ2v) is 7.82. The molecule has 0 aliphatic carbocycles. The molecule has 1 heterocycles. The molecule has 2 aromatic carbocycles. The van der Waals surface area contributed by atoms with Crippen LogP contribution in [0.3, 0.4) is 0 Å². The van der Waals surface area contributed by atoms with Gasteiger partial charge in [-0.3, -0.25) is 4.79 Å². The van der Waals surface area contributed by atoms with Gasteiger partial charge < -0.3 is 14.5 Å². The van der Waals surface area contributed by atoms with E-state index in [4.69, 9.17) is 4.74 Å². The van der Waals surface area contributed by atoms with Crippen LogP contribution in [0.1, 0.15) is 35.2 Å². The molecule has 0 saturated carbocycles. The van der Waals surface area contributed by atoms with Gasteiger partial charge in [-0.1, -0.05) is 12.1 Å². The van der Waals surface area contributed by atoms with Crippen LogP contribution in [0.5, 0.6) is 5.75 Å². The molecule has 3 rings (SSSR count). The molecule has 1 saturated heterocycles. The lowest BCUT2D eigenvalue weighted by Crippen LogP contribution is -2.29. The van der Waals surface area contributed by atoms with Gasteiger partial charge in [-0.15, -0.1) is 11.8 Å². The molecule has 0 radical (unpaired) electrons. The van der Waals surface area contributed by atoms with Crippen molar-refractivity contribution < 1.29 is 9.53 Å². The summed E-state index contributed by atoms with van der Waals surface area (Å²) in [6.07, 6.45) is 5.89. The largest absolute Gasteiger partial charge is 0.496 e. The Balaban J connectivity index is 1.67. The van der Waals surface area contributed by atoms with Crippen LogP contribution in [0.2, 0.25) is 0 Å². The monoisotopic (exact) mass is 384 g/mol. The number of methoxy groups -OCH3 is 1. The molecule has 5 heteroatoms. The predicted molar refractivity (Wildman–Crippen MR) is 113 cm³/mol. The molecule has 1 amide bonds. The van der Waals surface area contributed by atoms with Crippen molar-refractivity contribution >= 4 is 23.4 Å². The van der Waals surface area contributed by atoms with Crippen molar-refractivity contribution in [2.24, 2.45) is 0 Å². The normalized spacial score (nSPS) is 14.1. The first-order chi connectivity index (χ1) is 13.1. The van der Waals surface area contributed by atoms with Crippen LogP contribution in [0.4, 0.5) is 5.69 Å². The molecule has 144 valence electrons. The van der Waals surface area contributed by atoms with Crippen LogP contribution in [0, 0.1) is 0 Å². The molecule has 27 heavy (non-hydrogen) atoms. The number of hydrogen-bond acceptors (Lipinski definition) is 4. The van der Waals surface area contributed by atoms with Gasteiger partial charge in [-0.25, -0.2) is 0 Å². The first kappa shape index (κ1) is 19.6. The molecule has 1 aliphatic heterocycles. The summed E-state index contributed by atoms with van der Waals surface area (Å²) in [4.78, 5) is 18.1. The van der Waals surface area contributed by atoms with E-state index < -0.39 is 0 Å². The van der Waals surface area contributed by atoms with Crippen LogP contribution in [0.15, 0.2) is 47.4 Å². The Labute approximate surface area is 166 Å². The lowest BCUT2D eigenvalue weighted by molar-refractivity contribution is 0.0781. The zero-order chi connectivity index (χ0) is 19.2. The second-order valence-electron chi connectivity index (χ2n) is 6.94. The highest BCUT2D eigenvalue weighted by Crippen LogP contribution is 2.27. The molecular weight excluding hydrogens is 356 g/mol. The molecule has 0 spiro atoms. The number of amides is 1. The number of nitrogens with zero attached hydrogens (tertiary/aromatic N) is 2. The summed E-state index contributed by atoms with van der Waals surface area (Å²) in [6.45, 7) is 2.86. The summed E-state index contributed by atoms with van der Waals surface area (Å²) in [5, 5.41) is 0. The minimum absolute atomic E-state index is 0.0281. The Morgan fingerprint density at radius 3 is 2.44 bits per heavy atom. The molecule has 0 aromatic heterocycles. The van der Waals surface area contributed by atoms with E-state index in [0.29, 0.717) is 17.9 Å². The highest BCUT2D eigenvalue weighted by Gasteiger charge is 2.18. The number of hydrogen-bond donors (Lipinski definition) is 0. The molecule has 1 fully saturated rings. The van der Waals surface area contributed by atoms with E-state index in [0.717, 1.165) is 23.5 Å². The van der Waals surface area contributed by atoms with Crippen LogP contribution >= 0.6 is 11.8 Å². The number of thioether (sulfide) groups is 1. The highest BCUT2D eigenvalue weighted by atomic mass is 32.2. The molecule has 0 unspecified atom stereocenters. The number of anilines is 1. The van der Waals surface area contributed by atoms with E-state index in [1.165, 1.54) is 24.9 Å². The van der Waals surface area contributed by atoms with Crippen LogP contribution in [-0.4, -0.2) is 44.3 Å². The summed E-state index contributed by atoms with van der Waals surface area (Å²) in [5.41, 5.74) is 3.01. The SMILES string of the molecule is COc1cc(SC)ccc1C(=O)N(C)Cc1ccc(N2CCCCC2)cc1. The van der Waals surface area contributed by atoms with Crippen molar-refractivity contribution in [3.63, 3.8) is 0 Å². The third-order valence-electron chi connectivity index (χ3n) is 5.06. The summed E-state index contributed by atoms with van der Waals surface area (Å²) < 4.78 is 5.43. The van der Waals surface area contributed by atoms with E-state index in [-0.39, 0.29) is 5.91 Å². The van der Waals surface area contributed by atoms with E-state index in [1.807, 2.05) is 31.5 Å². The highest BCUT2D eigenvalue weighted by molar-refractivity contribution is 7.98. The van der Waals surface area contributed by atoms with Gasteiger partial charge in [-0.05, 0) is 61.4 Å². The van der Waals surface area contributed by atoms with E-state index in [2.05, 4.69) is 29.2 Å². The van der Waals surface area contributed by atoms with Gasteiger partial charge in [0, 0.05) is 37.3 Å². The van der Waals surface area contributed by atoms with Gasteiger partial charge in [0.25, 0.3) is 5.91 Å². The third kappa shape index (κ3) is 4.78. The average molecular weight is 385 g/mol. The van der Waals surface area contributed by atoms with E-state index in [9.17, 15) is 4.79 Å². The zero-order valence-electron chi connectivity index (χ0n) is 16.4. The van der Waals surface area contributed by atoms with Crippen molar-refractivity contribution in [1.29, 1.82) is 0 Å². The summed E-state index contributed by atoms with van der Waals surface area (Å²) >= 11 is 1.63. The van der Waals surface area contributed by atoms with Crippen molar-refractivity contribution in [3.8, 4) is 5.75 Å². The first-order valence-electron chi connectivity index (χ1n) is 9.43. The number of benzene rings is 2. The van der Waals surface area contributed by atoms with Crippen molar-refractivity contribution in [3.05, 3.63) is 53.6 Å². The zero-order valence-corrected chi connectivity index (χ0v) is 17.2. The van der Waals surface area contributed by atoms with Gasteiger partial charge >= 0.3 is 0 Å². The smallest absolute Gasteiger partial charge is 0.257 e. The number of piperidine rings is 1. The van der Waals surface area contributed by atoms with Crippen LogP contribution in [0.25, 0.3) is 0 Å². The Kier molecular flexibility index (Phi) is 6.67. The predicted octanol–water partition coefficient (Wildman–Crippen LogP) is 4.68.